The molecule has 0 aromatic heterocycles. The molecule has 1 rings (SSSR count). The van der Waals surface area contributed by atoms with Crippen molar-refractivity contribution in [2.75, 3.05) is 11.4 Å². The number of amides is 1. The number of hydrogen-bond donors (Lipinski definition) is 0. The lowest BCUT2D eigenvalue weighted by Crippen LogP contribution is -2.42. The summed E-state index contributed by atoms with van der Waals surface area (Å²) in [5, 5.41) is 9.28. The highest BCUT2D eigenvalue weighted by molar-refractivity contribution is 5.99. The molecule has 0 saturated heterocycles. The van der Waals surface area contributed by atoms with Crippen LogP contribution in [0.25, 0.3) is 0 Å². The quantitative estimate of drug-likeness (QED) is 0.779. The van der Waals surface area contributed by atoms with E-state index in [1.54, 1.807) is 11.8 Å². The van der Waals surface area contributed by atoms with Crippen molar-refractivity contribution >= 4 is 11.6 Å². The monoisotopic (exact) mass is 258 g/mol. The lowest BCUT2D eigenvalue weighted by Gasteiger charge is -2.29. The molecule has 102 valence electrons. The first kappa shape index (κ1) is 15.2. The number of anilines is 1. The summed E-state index contributed by atoms with van der Waals surface area (Å²) in [6, 6.07) is 11.8. The van der Waals surface area contributed by atoms with Crippen LogP contribution in [0, 0.1) is 16.7 Å². The second-order valence-corrected chi connectivity index (χ2v) is 4.94. The smallest absolute Gasteiger partial charge is 0.247 e. The third kappa shape index (κ3) is 3.57. The van der Waals surface area contributed by atoms with Crippen LogP contribution < -0.4 is 4.90 Å². The van der Waals surface area contributed by atoms with Crippen LogP contribution in [0.3, 0.4) is 0 Å². The first-order chi connectivity index (χ1) is 9.09. The summed E-state index contributed by atoms with van der Waals surface area (Å²) in [6.07, 6.45) is 2.48. The standard InChI is InChI=1S/C16H22N2O/c1-4-6-12-18(14-10-8-7-9-11-14)15(19)16(3,5-2)13-17/h7-11H,4-6,12H2,1-3H3. The van der Waals surface area contributed by atoms with Gasteiger partial charge in [-0.2, -0.15) is 5.26 Å². The molecule has 0 N–H and O–H groups in total. The molecular formula is C16H22N2O. The van der Waals surface area contributed by atoms with Crippen molar-refractivity contribution in [3.63, 3.8) is 0 Å². The lowest BCUT2D eigenvalue weighted by molar-refractivity contribution is -0.124. The van der Waals surface area contributed by atoms with Gasteiger partial charge in [-0.1, -0.05) is 38.5 Å². The molecule has 1 aromatic rings. The highest BCUT2D eigenvalue weighted by atomic mass is 16.2. The van der Waals surface area contributed by atoms with E-state index in [0.29, 0.717) is 13.0 Å². The Morgan fingerprint density at radius 2 is 1.95 bits per heavy atom. The van der Waals surface area contributed by atoms with Crippen LogP contribution in [0.2, 0.25) is 0 Å². The van der Waals surface area contributed by atoms with Gasteiger partial charge in [0, 0.05) is 12.2 Å². The van der Waals surface area contributed by atoms with E-state index in [1.165, 1.54) is 0 Å². The van der Waals surface area contributed by atoms with Crippen molar-refractivity contribution in [1.29, 1.82) is 5.26 Å². The van der Waals surface area contributed by atoms with E-state index in [1.807, 2.05) is 37.3 Å². The van der Waals surface area contributed by atoms with E-state index in [0.717, 1.165) is 18.5 Å². The zero-order chi connectivity index (χ0) is 14.3. The third-order valence-corrected chi connectivity index (χ3v) is 3.47. The van der Waals surface area contributed by atoms with Gasteiger partial charge in [0.15, 0.2) is 0 Å². The number of para-hydroxylation sites is 1. The molecule has 1 amide bonds. The van der Waals surface area contributed by atoms with Gasteiger partial charge in [-0.3, -0.25) is 4.79 Å². The molecule has 1 aromatic carbocycles. The lowest BCUT2D eigenvalue weighted by atomic mass is 9.87. The van der Waals surface area contributed by atoms with Crippen LogP contribution in [0.5, 0.6) is 0 Å². The zero-order valence-electron chi connectivity index (χ0n) is 12.0. The van der Waals surface area contributed by atoms with E-state index in [2.05, 4.69) is 13.0 Å². The number of rotatable bonds is 6. The molecule has 0 aliphatic rings. The van der Waals surface area contributed by atoms with E-state index in [9.17, 15) is 10.1 Å². The molecule has 3 heteroatoms. The minimum Gasteiger partial charge on any atom is -0.311 e. The second-order valence-electron chi connectivity index (χ2n) is 4.94. The summed E-state index contributed by atoms with van der Waals surface area (Å²) in [4.78, 5) is 14.4. The van der Waals surface area contributed by atoms with Crippen LogP contribution in [0.1, 0.15) is 40.0 Å². The van der Waals surface area contributed by atoms with E-state index in [4.69, 9.17) is 0 Å². The van der Waals surface area contributed by atoms with Crippen LogP contribution in [-0.2, 0) is 4.79 Å². The highest BCUT2D eigenvalue weighted by Crippen LogP contribution is 2.27. The molecule has 1 atom stereocenters. The normalized spacial score (nSPS) is 13.4. The summed E-state index contributed by atoms with van der Waals surface area (Å²) < 4.78 is 0. The Bertz CT molecular complexity index is 450. The number of nitrogens with zero attached hydrogens (tertiary/aromatic N) is 2. The van der Waals surface area contributed by atoms with Crippen LogP contribution in [-0.4, -0.2) is 12.5 Å². The van der Waals surface area contributed by atoms with Gasteiger partial charge in [-0.05, 0) is 31.9 Å². The van der Waals surface area contributed by atoms with Crippen molar-refractivity contribution in [2.45, 2.75) is 40.0 Å². The molecule has 3 nitrogen and oxygen atoms in total. The summed E-state index contributed by atoms with van der Waals surface area (Å²) in [6.45, 7) is 6.36. The van der Waals surface area contributed by atoms with Crippen molar-refractivity contribution in [1.82, 2.24) is 0 Å². The molecule has 0 spiro atoms. The van der Waals surface area contributed by atoms with Gasteiger partial charge >= 0.3 is 0 Å². The maximum absolute atomic E-state index is 12.6. The number of carbonyl (C=O) groups excluding carboxylic acids is 1. The fourth-order valence-electron chi connectivity index (χ4n) is 1.85. The first-order valence-corrected chi connectivity index (χ1v) is 6.87. The summed E-state index contributed by atoms with van der Waals surface area (Å²) >= 11 is 0. The molecular weight excluding hydrogens is 236 g/mol. The number of carbonyl (C=O) groups is 1. The van der Waals surface area contributed by atoms with Gasteiger partial charge < -0.3 is 4.90 Å². The largest absolute Gasteiger partial charge is 0.311 e. The molecule has 0 aliphatic heterocycles. The fourth-order valence-corrected chi connectivity index (χ4v) is 1.85. The van der Waals surface area contributed by atoms with Crippen LogP contribution in [0.4, 0.5) is 5.69 Å². The Morgan fingerprint density at radius 1 is 1.32 bits per heavy atom. The van der Waals surface area contributed by atoms with Crippen molar-refractivity contribution in [3.8, 4) is 6.07 Å². The Kier molecular flexibility index (Phi) is 5.57. The third-order valence-electron chi connectivity index (χ3n) is 3.47. The van der Waals surface area contributed by atoms with Crippen molar-refractivity contribution in [3.05, 3.63) is 30.3 Å². The summed E-state index contributed by atoms with van der Waals surface area (Å²) in [5.74, 6) is -0.0999. The van der Waals surface area contributed by atoms with Crippen molar-refractivity contribution < 1.29 is 4.79 Å². The maximum atomic E-state index is 12.6. The maximum Gasteiger partial charge on any atom is 0.247 e. The molecule has 0 bridgehead atoms. The highest BCUT2D eigenvalue weighted by Gasteiger charge is 2.35. The Hall–Kier alpha value is -1.82. The van der Waals surface area contributed by atoms with Gasteiger partial charge in [0.05, 0.1) is 6.07 Å². The number of hydrogen-bond acceptors (Lipinski definition) is 2. The topological polar surface area (TPSA) is 44.1 Å². The molecule has 0 aliphatic carbocycles. The van der Waals surface area contributed by atoms with Crippen LogP contribution >= 0.6 is 0 Å². The molecule has 0 saturated carbocycles. The number of nitriles is 1. The first-order valence-electron chi connectivity index (χ1n) is 6.87. The SMILES string of the molecule is CCCCN(C(=O)C(C)(C#N)CC)c1ccccc1. The average molecular weight is 258 g/mol. The van der Waals surface area contributed by atoms with Gasteiger partial charge in [-0.25, -0.2) is 0 Å². The molecule has 19 heavy (non-hydrogen) atoms. The predicted molar refractivity (Wildman–Crippen MR) is 77.7 cm³/mol. The number of unbranched alkanes of at least 4 members (excludes halogenated alkanes) is 1. The summed E-state index contributed by atoms with van der Waals surface area (Å²) in [7, 11) is 0. The minimum absolute atomic E-state index is 0.0999. The van der Waals surface area contributed by atoms with Gasteiger partial charge in [0.2, 0.25) is 5.91 Å². The van der Waals surface area contributed by atoms with Gasteiger partial charge in [0.1, 0.15) is 5.41 Å². The van der Waals surface area contributed by atoms with E-state index < -0.39 is 5.41 Å². The van der Waals surface area contributed by atoms with Crippen molar-refractivity contribution in [2.24, 2.45) is 5.41 Å². The predicted octanol–water partition coefficient (Wildman–Crippen LogP) is 3.76. The zero-order valence-corrected chi connectivity index (χ0v) is 12.0. The minimum atomic E-state index is -0.941. The molecule has 1 unspecified atom stereocenters. The molecule has 0 fully saturated rings. The van der Waals surface area contributed by atoms with E-state index >= 15 is 0 Å². The number of benzene rings is 1. The van der Waals surface area contributed by atoms with E-state index in [-0.39, 0.29) is 5.91 Å². The fraction of sp³-hybridized carbons (Fsp3) is 0.500. The second kappa shape index (κ2) is 6.94. The molecule has 0 radical (unpaired) electrons. The Balaban J connectivity index is 3.05. The summed E-state index contributed by atoms with van der Waals surface area (Å²) in [5.41, 5.74) is -0.0697. The Labute approximate surface area is 115 Å². The van der Waals surface area contributed by atoms with Gasteiger partial charge in [-0.15, -0.1) is 0 Å². The average Bonchev–Trinajstić information content (AvgIpc) is 2.47. The van der Waals surface area contributed by atoms with Gasteiger partial charge in [0.25, 0.3) is 0 Å². The Morgan fingerprint density at radius 3 is 2.42 bits per heavy atom. The molecule has 0 heterocycles. The van der Waals surface area contributed by atoms with Crippen LogP contribution in [0.15, 0.2) is 30.3 Å².